The monoisotopic (exact) mass is 209 g/mol. The van der Waals surface area contributed by atoms with Crippen molar-refractivity contribution >= 4 is 5.91 Å². The smallest absolute Gasteiger partial charge is 0.224 e. The van der Waals surface area contributed by atoms with E-state index in [1.807, 2.05) is 6.07 Å². The number of carbonyl (C=O) groups excluding carboxylic acids is 1. The van der Waals surface area contributed by atoms with E-state index in [-0.39, 0.29) is 5.91 Å². The van der Waals surface area contributed by atoms with Crippen molar-refractivity contribution in [1.82, 2.24) is 5.32 Å². The Kier molecular flexibility index (Phi) is 3.97. The summed E-state index contributed by atoms with van der Waals surface area (Å²) in [6.07, 6.45) is 0.309. The molecule has 0 aliphatic rings. The van der Waals surface area contributed by atoms with Crippen LogP contribution in [0.4, 0.5) is 0 Å². The molecule has 0 aliphatic heterocycles. The minimum Gasteiger partial charge on any atom is -0.497 e. The maximum Gasteiger partial charge on any atom is 0.224 e. The van der Waals surface area contributed by atoms with E-state index in [9.17, 15) is 4.79 Å². The van der Waals surface area contributed by atoms with Crippen LogP contribution in [0.1, 0.15) is 5.56 Å². The zero-order chi connectivity index (χ0) is 11.3. The predicted molar refractivity (Wildman–Crippen MR) is 57.3 cm³/mol. The normalized spacial score (nSPS) is 9.53. The average molecular weight is 209 g/mol. The minimum atomic E-state index is -0.0431. The molecule has 0 saturated heterocycles. The molecule has 0 bridgehead atoms. The Morgan fingerprint density at radius 1 is 1.33 bits per heavy atom. The Labute approximate surface area is 89.2 Å². The Hall–Kier alpha value is -1.71. The molecule has 4 nitrogen and oxygen atoms in total. The summed E-state index contributed by atoms with van der Waals surface area (Å²) in [4.78, 5) is 11.2. The van der Waals surface area contributed by atoms with E-state index in [1.54, 1.807) is 33.4 Å². The number of carbonyl (C=O) groups is 1. The van der Waals surface area contributed by atoms with Crippen molar-refractivity contribution in [2.75, 3.05) is 21.3 Å². The van der Waals surface area contributed by atoms with Gasteiger partial charge in [-0.1, -0.05) is 6.07 Å². The molecule has 0 spiro atoms. The number of hydrogen-bond acceptors (Lipinski definition) is 3. The van der Waals surface area contributed by atoms with E-state index in [4.69, 9.17) is 9.47 Å². The van der Waals surface area contributed by atoms with Gasteiger partial charge in [-0.3, -0.25) is 4.79 Å². The fourth-order valence-electron chi connectivity index (χ4n) is 1.26. The highest BCUT2D eigenvalue weighted by Crippen LogP contribution is 2.24. The molecule has 0 radical (unpaired) electrons. The molecule has 0 aliphatic carbocycles. The third kappa shape index (κ3) is 2.87. The predicted octanol–water partition coefficient (Wildman–Crippen LogP) is 0.992. The summed E-state index contributed by atoms with van der Waals surface area (Å²) in [5.41, 5.74) is 0.845. The van der Waals surface area contributed by atoms with Crippen LogP contribution in [0, 0.1) is 0 Å². The van der Waals surface area contributed by atoms with Crippen LogP contribution in [0.3, 0.4) is 0 Å². The summed E-state index contributed by atoms with van der Waals surface area (Å²) in [5, 5.41) is 2.57. The standard InChI is InChI=1S/C11H15NO3/c1-12-11(13)6-8-4-5-9(14-2)7-10(8)15-3/h4-5,7H,6H2,1-3H3,(H,12,13). The van der Waals surface area contributed by atoms with Crippen LogP contribution < -0.4 is 14.8 Å². The fraction of sp³-hybridized carbons (Fsp3) is 0.364. The molecular weight excluding hydrogens is 194 g/mol. The molecule has 1 aromatic rings. The van der Waals surface area contributed by atoms with E-state index in [1.165, 1.54) is 0 Å². The molecule has 0 unspecified atom stereocenters. The van der Waals surface area contributed by atoms with Gasteiger partial charge in [0.05, 0.1) is 20.6 Å². The lowest BCUT2D eigenvalue weighted by atomic mass is 10.1. The second-order valence-electron chi connectivity index (χ2n) is 3.03. The van der Waals surface area contributed by atoms with Gasteiger partial charge in [0, 0.05) is 18.7 Å². The highest BCUT2D eigenvalue weighted by atomic mass is 16.5. The molecule has 1 amide bonds. The summed E-state index contributed by atoms with van der Waals surface area (Å²) in [6, 6.07) is 5.39. The van der Waals surface area contributed by atoms with Gasteiger partial charge in [-0.25, -0.2) is 0 Å². The number of ether oxygens (including phenoxy) is 2. The third-order valence-corrected chi connectivity index (χ3v) is 2.12. The Morgan fingerprint density at radius 3 is 2.60 bits per heavy atom. The molecule has 0 aromatic heterocycles. The minimum absolute atomic E-state index is 0.0431. The van der Waals surface area contributed by atoms with Gasteiger partial charge in [-0.2, -0.15) is 0 Å². The van der Waals surface area contributed by atoms with Gasteiger partial charge in [0.15, 0.2) is 0 Å². The second-order valence-corrected chi connectivity index (χ2v) is 3.03. The highest BCUT2D eigenvalue weighted by Gasteiger charge is 2.08. The number of nitrogens with one attached hydrogen (secondary N) is 1. The number of rotatable bonds is 4. The van der Waals surface area contributed by atoms with Gasteiger partial charge in [-0.15, -0.1) is 0 Å². The summed E-state index contributed by atoms with van der Waals surface area (Å²) >= 11 is 0. The van der Waals surface area contributed by atoms with E-state index < -0.39 is 0 Å². The molecule has 0 heterocycles. The van der Waals surface area contributed by atoms with Crippen molar-refractivity contribution in [2.45, 2.75) is 6.42 Å². The van der Waals surface area contributed by atoms with E-state index in [0.29, 0.717) is 17.9 Å². The van der Waals surface area contributed by atoms with Crippen LogP contribution in [-0.4, -0.2) is 27.2 Å². The zero-order valence-corrected chi connectivity index (χ0v) is 9.16. The quantitative estimate of drug-likeness (QED) is 0.804. The Balaban J connectivity index is 2.92. The van der Waals surface area contributed by atoms with Crippen molar-refractivity contribution in [3.63, 3.8) is 0 Å². The largest absolute Gasteiger partial charge is 0.497 e. The van der Waals surface area contributed by atoms with Gasteiger partial charge in [0.25, 0.3) is 0 Å². The Morgan fingerprint density at radius 2 is 2.07 bits per heavy atom. The molecular formula is C11H15NO3. The van der Waals surface area contributed by atoms with Gasteiger partial charge < -0.3 is 14.8 Å². The van der Waals surface area contributed by atoms with Crippen molar-refractivity contribution in [1.29, 1.82) is 0 Å². The van der Waals surface area contributed by atoms with Crippen molar-refractivity contribution in [2.24, 2.45) is 0 Å². The number of likely N-dealkylation sites (N-methyl/N-ethyl adjacent to an activating group) is 1. The van der Waals surface area contributed by atoms with Gasteiger partial charge >= 0.3 is 0 Å². The lowest BCUT2D eigenvalue weighted by molar-refractivity contribution is -0.119. The van der Waals surface area contributed by atoms with E-state index in [2.05, 4.69) is 5.32 Å². The molecule has 1 rings (SSSR count). The van der Waals surface area contributed by atoms with Crippen molar-refractivity contribution < 1.29 is 14.3 Å². The molecule has 1 N–H and O–H groups in total. The first-order valence-corrected chi connectivity index (χ1v) is 4.62. The van der Waals surface area contributed by atoms with Gasteiger partial charge in [-0.05, 0) is 6.07 Å². The first-order valence-electron chi connectivity index (χ1n) is 4.62. The summed E-state index contributed by atoms with van der Waals surface area (Å²) in [7, 11) is 4.77. The molecule has 0 saturated carbocycles. The Bertz CT molecular complexity index is 350. The molecule has 0 atom stereocenters. The van der Waals surface area contributed by atoms with Gasteiger partial charge in [0.2, 0.25) is 5.91 Å². The van der Waals surface area contributed by atoms with Crippen LogP contribution in [0.15, 0.2) is 18.2 Å². The highest BCUT2D eigenvalue weighted by molar-refractivity contribution is 5.79. The zero-order valence-electron chi connectivity index (χ0n) is 9.16. The van der Waals surface area contributed by atoms with E-state index in [0.717, 1.165) is 5.56 Å². The maximum absolute atomic E-state index is 11.2. The lowest BCUT2D eigenvalue weighted by Gasteiger charge is -2.09. The lowest BCUT2D eigenvalue weighted by Crippen LogP contribution is -2.20. The van der Waals surface area contributed by atoms with E-state index >= 15 is 0 Å². The van der Waals surface area contributed by atoms with Crippen molar-refractivity contribution in [3.05, 3.63) is 23.8 Å². The summed E-state index contributed by atoms with van der Waals surface area (Å²) in [5.74, 6) is 1.34. The number of benzene rings is 1. The van der Waals surface area contributed by atoms with Crippen LogP contribution in [0.2, 0.25) is 0 Å². The van der Waals surface area contributed by atoms with Crippen molar-refractivity contribution in [3.8, 4) is 11.5 Å². The summed E-state index contributed by atoms with van der Waals surface area (Å²) in [6.45, 7) is 0. The number of amides is 1. The molecule has 0 fully saturated rings. The van der Waals surface area contributed by atoms with Crippen LogP contribution >= 0.6 is 0 Å². The summed E-state index contributed by atoms with van der Waals surface area (Å²) < 4.78 is 10.2. The van der Waals surface area contributed by atoms with Crippen LogP contribution in [0.25, 0.3) is 0 Å². The van der Waals surface area contributed by atoms with Crippen LogP contribution in [-0.2, 0) is 11.2 Å². The molecule has 15 heavy (non-hydrogen) atoms. The first kappa shape index (κ1) is 11.4. The fourth-order valence-corrected chi connectivity index (χ4v) is 1.26. The maximum atomic E-state index is 11.2. The molecule has 4 heteroatoms. The molecule has 82 valence electrons. The topological polar surface area (TPSA) is 47.6 Å². The first-order chi connectivity index (χ1) is 7.21. The van der Waals surface area contributed by atoms with Gasteiger partial charge in [0.1, 0.15) is 11.5 Å². The number of methoxy groups -OCH3 is 2. The second kappa shape index (κ2) is 5.24. The average Bonchev–Trinajstić information content (AvgIpc) is 2.29. The number of hydrogen-bond donors (Lipinski definition) is 1. The SMILES string of the molecule is CNC(=O)Cc1ccc(OC)cc1OC. The third-order valence-electron chi connectivity index (χ3n) is 2.12. The van der Waals surface area contributed by atoms with Crippen LogP contribution in [0.5, 0.6) is 11.5 Å². The molecule has 1 aromatic carbocycles.